The van der Waals surface area contributed by atoms with Crippen LogP contribution in [0.4, 0.5) is 0 Å². The molecule has 1 rings (SSSR count). The van der Waals surface area contributed by atoms with Crippen molar-refractivity contribution in [1.82, 2.24) is 5.32 Å². The molecule has 0 aromatic rings. The average Bonchev–Trinajstić information content (AvgIpc) is 2.80. The second-order valence-electron chi connectivity index (χ2n) is 5.48. The first-order chi connectivity index (χ1) is 8.99. The van der Waals surface area contributed by atoms with Crippen LogP contribution >= 0.6 is 0 Å². The number of aliphatic hydroxyl groups excluding tert-OH is 1. The average molecular weight is 271 g/mol. The molecule has 0 aromatic heterocycles. The molecule has 0 aliphatic heterocycles. The lowest BCUT2D eigenvalue weighted by Crippen LogP contribution is -2.39. The Morgan fingerprint density at radius 3 is 2.42 bits per heavy atom. The highest BCUT2D eigenvalue weighted by molar-refractivity contribution is 5.85. The SMILES string of the molecule is CCCC(O)CNC(=O)[C@H]1CC(CC)C[C@H]1C(=O)O. The van der Waals surface area contributed by atoms with E-state index in [9.17, 15) is 19.8 Å². The van der Waals surface area contributed by atoms with Crippen LogP contribution in [0.25, 0.3) is 0 Å². The molecule has 0 heterocycles. The minimum Gasteiger partial charge on any atom is -0.481 e. The Hall–Kier alpha value is -1.10. The van der Waals surface area contributed by atoms with Crippen LogP contribution in [-0.2, 0) is 9.59 Å². The van der Waals surface area contributed by atoms with Crippen LogP contribution < -0.4 is 5.32 Å². The highest BCUT2D eigenvalue weighted by Crippen LogP contribution is 2.38. The lowest BCUT2D eigenvalue weighted by atomic mass is 9.95. The summed E-state index contributed by atoms with van der Waals surface area (Å²) in [5, 5.41) is 21.4. The summed E-state index contributed by atoms with van der Waals surface area (Å²) in [6.45, 7) is 4.20. The molecule has 0 radical (unpaired) electrons. The molecule has 4 atom stereocenters. The number of carboxylic acid groups (broad SMARTS) is 1. The van der Waals surface area contributed by atoms with E-state index < -0.39 is 23.9 Å². The van der Waals surface area contributed by atoms with Gasteiger partial charge in [-0.25, -0.2) is 0 Å². The third-order valence-electron chi connectivity index (χ3n) is 4.03. The van der Waals surface area contributed by atoms with Crippen LogP contribution in [0.1, 0.15) is 46.0 Å². The van der Waals surface area contributed by atoms with E-state index in [1.54, 1.807) is 0 Å². The number of carbonyl (C=O) groups is 2. The third-order valence-corrected chi connectivity index (χ3v) is 4.03. The van der Waals surface area contributed by atoms with Crippen LogP contribution in [-0.4, -0.2) is 34.7 Å². The molecule has 1 fully saturated rings. The van der Waals surface area contributed by atoms with Crippen molar-refractivity contribution >= 4 is 11.9 Å². The summed E-state index contributed by atoms with van der Waals surface area (Å²) in [5.41, 5.74) is 0. The largest absolute Gasteiger partial charge is 0.481 e. The standard InChI is InChI=1S/C14H25NO4/c1-3-5-10(16)8-15-13(17)11-6-9(4-2)7-12(11)14(18)19/h9-12,16H,3-8H2,1-2H3,(H,15,17)(H,18,19)/t9?,10?,11-,12+/m0/s1. The number of amides is 1. The maximum absolute atomic E-state index is 12.0. The summed E-state index contributed by atoms with van der Waals surface area (Å²) in [5.74, 6) is -1.81. The number of aliphatic carboxylic acids is 1. The Kier molecular flexibility index (Phi) is 6.28. The molecular weight excluding hydrogens is 246 g/mol. The molecule has 3 N–H and O–H groups in total. The van der Waals surface area contributed by atoms with Gasteiger partial charge in [-0.3, -0.25) is 9.59 Å². The van der Waals surface area contributed by atoms with E-state index in [1.165, 1.54) is 0 Å². The summed E-state index contributed by atoms with van der Waals surface area (Å²) < 4.78 is 0. The van der Waals surface area contributed by atoms with Crippen molar-refractivity contribution < 1.29 is 19.8 Å². The van der Waals surface area contributed by atoms with Gasteiger partial charge in [0.15, 0.2) is 0 Å². The lowest BCUT2D eigenvalue weighted by Gasteiger charge is -2.17. The highest BCUT2D eigenvalue weighted by Gasteiger charge is 2.41. The summed E-state index contributed by atoms with van der Waals surface area (Å²) in [6, 6.07) is 0. The van der Waals surface area contributed by atoms with Gasteiger partial charge in [0.2, 0.25) is 5.91 Å². The molecule has 1 aliphatic carbocycles. The van der Waals surface area contributed by atoms with Gasteiger partial charge >= 0.3 is 5.97 Å². The minimum atomic E-state index is -0.884. The Bertz CT molecular complexity index is 319. The Labute approximate surface area is 114 Å². The van der Waals surface area contributed by atoms with Crippen LogP contribution in [0.3, 0.4) is 0 Å². The van der Waals surface area contributed by atoms with Gasteiger partial charge < -0.3 is 15.5 Å². The van der Waals surface area contributed by atoms with Crippen molar-refractivity contribution in [2.45, 2.75) is 52.1 Å². The molecular formula is C14H25NO4. The normalized spacial score (nSPS) is 28.1. The summed E-state index contributed by atoms with van der Waals surface area (Å²) in [6.07, 6.45) is 3.10. The van der Waals surface area contributed by atoms with Crippen molar-refractivity contribution in [2.75, 3.05) is 6.54 Å². The predicted molar refractivity (Wildman–Crippen MR) is 71.6 cm³/mol. The second kappa shape index (κ2) is 7.48. The number of aliphatic hydroxyl groups is 1. The van der Waals surface area contributed by atoms with Gasteiger partial charge in [0.25, 0.3) is 0 Å². The maximum atomic E-state index is 12.0. The van der Waals surface area contributed by atoms with Gasteiger partial charge in [-0.1, -0.05) is 26.7 Å². The number of rotatable bonds is 7. The van der Waals surface area contributed by atoms with Gasteiger partial charge in [0.05, 0.1) is 17.9 Å². The van der Waals surface area contributed by atoms with E-state index in [0.717, 1.165) is 12.8 Å². The zero-order valence-corrected chi connectivity index (χ0v) is 11.8. The first-order valence-corrected chi connectivity index (χ1v) is 7.18. The molecule has 1 amide bonds. The van der Waals surface area contributed by atoms with Gasteiger partial charge in [-0.05, 0) is 25.2 Å². The number of hydrogen-bond donors (Lipinski definition) is 3. The highest BCUT2D eigenvalue weighted by atomic mass is 16.4. The fourth-order valence-corrected chi connectivity index (χ4v) is 2.82. The lowest BCUT2D eigenvalue weighted by molar-refractivity contribution is -0.146. The van der Waals surface area contributed by atoms with E-state index in [4.69, 9.17) is 0 Å². The number of nitrogens with one attached hydrogen (secondary N) is 1. The van der Waals surface area contributed by atoms with Crippen LogP contribution in [0.15, 0.2) is 0 Å². The van der Waals surface area contributed by atoms with Crippen molar-refractivity contribution in [3.63, 3.8) is 0 Å². The predicted octanol–water partition coefficient (Wildman–Crippen LogP) is 1.40. The Morgan fingerprint density at radius 2 is 1.89 bits per heavy atom. The first kappa shape index (κ1) is 16.0. The van der Waals surface area contributed by atoms with E-state index in [0.29, 0.717) is 25.2 Å². The van der Waals surface area contributed by atoms with Crippen LogP contribution in [0.2, 0.25) is 0 Å². The zero-order chi connectivity index (χ0) is 14.4. The molecule has 0 bridgehead atoms. The molecule has 2 unspecified atom stereocenters. The number of carboxylic acids is 1. The van der Waals surface area contributed by atoms with E-state index in [-0.39, 0.29) is 12.5 Å². The van der Waals surface area contributed by atoms with E-state index in [1.807, 2.05) is 13.8 Å². The van der Waals surface area contributed by atoms with Crippen molar-refractivity contribution in [1.29, 1.82) is 0 Å². The summed E-state index contributed by atoms with van der Waals surface area (Å²) >= 11 is 0. The molecule has 1 aliphatic rings. The van der Waals surface area contributed by atoms with Crippen molar-refractivity contribution in [3.8, 4) is 0 Å². The fourth-order valence-electron chi connectivity index (χ4n) is 2.82. The molecule has 1 saturated carbocycles. The molecule has 0 spiro atoms. The topological polar surface area (TPSA) is 86.6 Å². The number of carbonyl (C=O) groups excluding carboxylic acids is 1. The van der Waals surface area contributed by atoms with Gasteiger partial charge in [-0.2, -0.15) is 0 Å². The third kappa shape index (κ3) is 4.49. The van der Waals surface area contributed by atoms with Crippen molar-refractivity contribution in [3.05, 3.63) is 0 Å². The first-order valence-electron chi connectivity index (χ1n) is 7.18. The molecule has 5 nitrogen and oxygen atoms in total. The van der Waals surface area contributed by atoms with Crippen LogP contribution in [0.5, 0.6) is 0 Å². The van der Waals surface area contributed by atoms with Crippen LogP contribution in [0, 0.1) is 17.8 Å². The smallest absolute Gasteiger partial charge is 0.307 e. The molecule has 110 valence electrons. The van der Waals surface area contributed by atoms with Gasteiger partial charge in [-0.15, -0.1) is 0 Å². The summed E-state index contributed by atoms with van der Waals surface area (Å²) in [4.78, 5) is 23.2. The Balaban J connectivity index is 2.52. The Morgan fingerprint density at radius 1 is 1.26 bits per heavy atom. The molecule has 0 aromatic carbocycles. The monoisotopic (exact) mass is 271 g/mol. The molecule has 19 heavy (non-hydrogen) atoms. The second-order valence-corrected chi connectivity index (χ2v) is 5.48. The maximum Gasteiger partial charge on any atom is 0.307 e. The fraction of sp³-hybridized carbons (Fsp3) is 0.857. The van der Waals surface area contributed by atoms with Crippen molar-refractivity contribution in [2.24, 2.45) is 17.8 Å². The van der Waals surface area contributed by atoms with Gasteiger partial charge in [0.1, 0.15) is 0 Å². The molecule has 5 heteroatoms. The zero-order valence-electron chi connectivity index (χ0n) is 11.8. The van der Waals surface area contributed by atoms with E-state index >= 15 is 0 Å². The minimum absolute atomic E-state index is 0.215. The quantitative estimate of drug-likeness (QED) is 0.653. The molecule has 0 saturated heterocycles. The van der Waals surface area contributed by atoms with E-state index in [2.05, 4.69) is 5.32 Å². The van der Waals surface area contributed by atoms with Gasteiger partial charge in [0, 0.05) is 6.54 Å². The number of hydrogen-bond acceptors (Lipinski definition) is 3. The summed E-state index contributed by atoms with van der Waals surface area (Å²) in [7, 11) is 0.